The van der Waals surface area contributed by atoms with Gasteiger partial charge in [-0.2, -0.15) is 4.98 Å². The van der Waals surface area contributed by atoms with Crippen LogP contribution in [0.1, 0.15) is 34.1 Å². The number of rotatable bonds is 10. The number of thiazole rings is 1. The fourth-order valence-corrected chi connectivity index (χ4v) is 4.27. The molecule has 35 heavy (non-hydrogen) atoms. The highest BCUT2D eigenvalue weighted by molar-refractivity contribution is 7.17. The molecular weight excluding hydrogens is 478 g/mol. The molecule has 13 heteroatoms. The molecule has 0 aliphatic heterocycles. The zero-order valence-corrected chi connectivity index (χ0v) is 20.2. The number of hydrogen-bond acceptors (Lipinski definition) is 10. The van der Waals surface area contributed by atoms with Gasteiger partial charge in [-0.1, -0.05) is 28.6 Å². The molecule has 184 valence electrons. The van der Waals surface area contributed by atoms with Crippen LogP contribution < -0.4 is 9.80 Å². The average molecular weight is 502 g/mol. The average Bonchev–Trinajstić information content (AvgIpc) is 3.44. The maximum atomic E-state index is 13.0. The van der Waals surface area contributed by atoms with Crippen molar-refractivity contribution >= 4 is 46.4 Å². The van der Waals surface area contributed by atoms with E-state index in [1.165, 1.54) is 24.0 Å². The Bertz CT molecular complexity index is 1250. The van der Waals surface area contributed by atoms with Crippen molar-refractivity contribution in [1.82, 2.24) is 15.1 Å². The Balaban J connectivity index is 1.86. The number of aromatic nitrogens is 3. The number of carboxylic acids is 1. The minimum Gasteiger partial charge on any atom is -0.481 e. The van der Waals surface area contributed by atoms with Crippen LogP contribution in [0.15, 0.2) is 28.8 Å². The van der Waals surface area contributed by atoms with Crippen molar-refractivity contribution in [2.75, 3.05) is 24.0 Å². The summed E-state index contributed by atoms with van der Waals surface area (Å²) >= 11 is 0.979. The molecule has 0 bridgehead atoms. The van der Waals surface area contributed by atoms with Gasteiger partial charge in [0.25, 0.3) is 0 Å². The van der Waals surface area contributed by atoms with Crippen LogP contribution in [0.4, 0.5) is 10.8 Å². The van der Waals surface area contributed by atoms with E-state index in [-0.39, 0.29) is 16.4 Å². The number of aliphatic carboxylic acids is 1. The van der Waals surface area contributed by atoms with Crippen LogP contribution in [0.25, 0.3) is 11.4 Å². The normalized spacial score (nSPS) is 11.5. The first-order valence-electron chi connectivity index (χ1n) is 10.3. The van der Waals surface area contributed by atoms with Gasteiger partial charge in [0.05, 0.1) is 25.3 Å². The molecule has 1 N–H and O–H groups in total. The molecule has 12 nitrogen and oxygen atoms in total. The summed E-state index contributed by atoms with van der Waals surface area (Å²) in [5.74, 6) is -1.57. The first kappa shape index (κ1) is 25.5. The Morgan fingerprint density at radius 1 is 1.23 bits per heavy atom. The molecule has 3 aromatic rings. The van der Waals surface area contributed by atoms with E-state index in [9.17, 15) is 24.3 Å². The lowest BCUT2D eigenvalue weighted by atomic mass is 10.1. The molecule has 0 fully saturated rings. The van der Waals surface area contributed by atoms with Crippen LogP contribution in [0.2, 0.25) is 0 Å². The van der Waals surface area contributed by atoms with E-state index in [1.807, 2.05) is 0 Å². The van der Waals surface area contributed by atoms with Crippen molar-refractivity contribution < 1.29 is 33.5 Å². The van der Waals surface area contributed by atoms with Gasteiger partial charge in [0.15, 0.2) is 5.13 Å². The molecule has 2 heterocycles. The summed E-state index contributed by atoms with van der Waals surface area (Å²) in [7, 11) is 2.71. The first-order chi connectivity index (χ1) is 16.6. The van der Waals surface area contributed by atoms with Gasteiger partial charge in [0.2, 0.25) is 24.0 Å². The van der Waals surface area contributed by atoms with Crippen LogP contribution in [-0.4, -0.2) is 64.7 Å². The number of carboxylic acid groups (broad SMARTS) is 1. The number of carbonyl (C=O) groups excluding carboxylic acids is 3. The quantitative estimate of drug-likeness (QED) is 0.323. The fourth-order valence-electron chi connectivity index (χ4n) is 3.30. The number of anilines is 2. The van der Waals surface area contributed by atoms with Crippen molar-refractivity contribution in [1.29, 1.82) is 0 Å². The molecule has 1 atom stereocenters. The number of benzene rings is 1. The number of carbonyl (C=O) groups is 4. The topological polar surface area (TPSA) is 156 Å². The zero-order valence-electron chi connectivity index (χ0n) is 19.4. The van der Waals surface area contributed by atoms with Crippen molar-refractivity contribution in [2.45, 2.75) is 32.7 Å². The molecule has 3 rings (SSSR count). The van der Waals surface area contributed by atoms with Crippen LogP contribution in [-0.2, 0) is 19.1 Å². The highest BCUT2D eigenvalue weighted by Crippen LogP contribution is 2.28. The lowest BCUT2D eigenvalue weighted by Crippen LogP contribution is -2.41. The molecule has 0 aliphatic carbocycles. The molecule has 1 aromatic carbocycles. The standard InChI is InChI=1S/C22H23N5O7S/c1-12-19(21(32)33-4)35-22(23-12)26(3)17(29)9-16(10-18(30)31)27(11-28)15-7-5-6-14(8-15)20-24-13(2)34-25-20/h5-8,11,16H,9-10H2,1-4H3,(H,30,31)/t16-/m0/s1. The van der Waals surface area contributed by atoms with Crippen molar-refractivity contribution in [2.24, 2.45) is 0 Å². The lowest BCUT2D eigenvalue weighted by Gasteiger charge is -2.28. The SMILES string of the molecule is COC(=O)c1sc(N(C)C(=O)C[C@@H](CC(=O)O)N(C=O)c2cccc(-c3noc(C)n3)c2)nc1C. The van der Waals surface area contributed by atoms with Crippen molar-refractivity contribution in [3.63, 3.8) is 0 Å². The van der Waals surface area contributed by atoms with Crippen molar-refractivity contribution in [3.8, 4) is 11.4 Å². The Morgan fingerprint density at radius 3 is 2.57 bits per heavy atom. The summed E-state index contributed by atoms with van der Waals surface area (Å²) in [6.07, 6.45) is -0.308. The molecule has 0 spiro atoms. The minimum atomic E-state index is -1.18. The van der Waals surface area contributed by atoms with Gasteiger partial charge in [-0.05, 0) is 19.1 Å². The van der Waals surface area contributed by atoms with Gasteiger partial charge < -0.3 is 19.3 Å². The van der Waals surface area contributed by atoms with Crippen LogP contribution >= 0.6 is 11.3 Å². The molecule has 0 unspecified atom stereocenters. The van der Waals surface area contributed by atoms with E-state index >= 15 is 0 Å². The van der Waals surface area contributed by atoms with E-state index in [2.05, 4.69) is 15.1 Å². The van der Waals surface area contributed by atoms with Gasteiger partial charge in [-0.15, -0.1) is 0 Å². The molecular formula is C22H23N5O7S. The largest absolute Gasteiger partial charge is 0.481 e. The second-order valence-corrected chi connectivity index (χ2v) is 8.49. The lowest BCUT2D eigenvalue weighted by molar-refractivity contribution is -0.137. The number of aryl methyl sites for hydroxylation is 2. The van der Waals surface area contributed by atoms with Crippen LogP contribution in [0.5, 0.6) is 0 Å². The summed E-state index contributed by atoms with van der Waals surface area (Å²) < 4.78 is 9.71. The summed E-state index contributed by atoms with van der Waals surface area (Å²) in [4.78, 5) is 59.6. The fraction of sp³-hybridized carbons (Fsp3) is 0.318. The number of esters is 1. The molecule has 2 aromatic heterocycles. The highest BCUT2D eigenvalue weighted by Gasteiger charge is 2.28. The first-order valence-corrected chi connectivity index (χ1v) is 11.1. The molecule has 0 radical (unpaired) electrons. The van der Waals surface area contributed by atoms with Gasteiger partial charge in [-0.25, -0.2) is 9.78 Å². The second-order valence-electron chi connectivity index (χ2n) is 7.51. The van der Waals surface area contributed by atoms with E-state index in [1.54, 1.807) is 38.1 Å². The maximum absolute atomic E-state index is 13.0. The molecule has 0 saturated heterocycles. The van der Waals surface area contributed by atoms with Crippen molar-refractivity contribution in [3.05, 3.63) is 40.7 Å². The smallest absolute Gasteiger partial charge is 0.350 e. The van der Waals surface area contributed by atoms with Crippen LogP contribution in [0.3, 0.4) is 0 Å². The minimum absolute atomic E-state index is 0.245. The van der Waals surface area contributed by atoms with Gasteiger partial charge >= 0.3 is 11.9 Å². The third-order valence-corrected chi connectivity index (χ3v) is 6.29. The Morgan fingerprint density at radius 2 is 1.97 bits per heavy atom. The zero-order chi connectivity index (χ0) is 25.7. The van der Waals surface area contributed by atoms with E-state index in [0.717, 1.165) is 11.3 Å². The monoisotopic (exact) mass is 501 g/mol. The van der Waals surface area contributed by atoms with Gasteiger partial charge in [0.1, 0.15) is 4.88 Å². The number of ether oxygens (including phenoxy) is 1. The predicted octanol–water partition coefficient (Wildman–Crippen LogP) is 2.46. The summed E-state index contributed by atoms with van der Waals surface area (Å²) in [5.41, 5.74) is 1.32. The van der Waals surface area contributed by atoms with E-state index in [4.69, 9.17) is 9.26 Å². The van der Waals surface area contributed by atoms with Gasteiger partial charge in [0, 0.05) is 31.6 Å². The summed E-state index contributed by atoms with van der Waals surface area (Å²) in [6, 6.07) is 5.59. The number of methoxy groups -OCH3 is 1. The third-order valence-electron chi connectivity index (χ3n) is 5.07. The Hall–Kier alpha value is -4.13. The Labute approximate surface area is 204 Å². The van der Waals surface area contributed by atoms with Crippen LogP contribution in [0, 0.1) is 13.8 Å². The molecule has 0 saturated carbocycles. The summed E-state index contributed by atoms with van der Waals surface area (Å²) in [5, 5.41) is 13.5. The number of nitrogens with zero attached hydrogens (tertiary/aromatic N) is 5. The molecule has 2 amide bonds. The molecule has 0 aliphatic rings. The van der Waals surface area contributed by atoms with Gasteiger partial charge in [-0.3, -0.25) is 19.3 Å². The van der Waals surface area contributed by atoms with E-state index in [0.29, 0.717) is 35.1 Å². The maximum Gasteiger partial charge on any atom is 0.350 e. The predicted molar refractivity (Wildman–Crippen MR) is 125 cm³/mol. The highest BCUT2D eigenvalue weighted by atomic mass is 32.1. The number of amides is 2. The second kappa shape index (κ2) is 10.9. The third kappa shape index (κ3) is 5.87. The van der Waals surface area contributed by atoms with E-state index < -0.39 is 30.3 Å². The number of hydrogen-bond donors (Lipinski definition) is 1. The summed E-state index contributed by atoms with van der Waals surface area (Å²) in [6.45, 7) is 3.26. The Kier molecular flexibility index (Phi) is 7.91.